The van der Waals surface area contributed by atoms with Gasteiger partial charge in [0, 0.05) is 12.1 Å². The summed E-state index contributed by atoms with van der Waals surface area (Å²) in [6.07, 6.45) is 5.13. The Morgan fingerprint density at radius 2 is 2.06 bits per heavy atom. The number of hydrogen-bond acceptors (Lipinski definition) is 7. The van der Waals surface area contributed by atoms with Crippen molar-refractivity contribution in [2.75, 3.05) is 17.6 Å². The molecule has 1 aliphatic rings. The molecule has 1 aliphatic carbocycles. The molecule has 0 saturated carbocycles. The molecule has 0 bridgehead atoms. The highest BCUT2D eigenvalue weighted by atomic mass is 35.5. The monoisotopic (exact) mass is 512 g/mol. The van der Waals surface area contributed by atoms with Crippen molar-refractivity contribution >= 4 is 27.6 Å². The Morgan fingerprint density at radius 1 is 1.23 bits per heavy atom. The van der Waals surface area contributed by atoms with E-state index >= 15 is 0 Å². The normalized spacial score (nSPS) is 14.7. The van der Waals surface area contributed by atoms with Crippen LogP contribution in [0.5, 0.6) is 11.5 Å². The Balaban J connectivity index is 1.49. The number of hydrogen-bond donors (Lipinski definition) is 1. The maximum absolute atomic E-state index is 11.4. The molecule has 1 heterocycles. The van der Waals surface area contributed by atoms with E-state index in [1.54, 1.807) is 6.07 Å². The van der Waals surface area contributed by atoms with Gasteiger partial charge in [0.05, 0.1) is 29.1 Å². The molecule has 10 heteroatoms. The maximum Gasteiger partial charge on any atom is 0.236 e. The molecule has 0 spiro atoms. The molecule has 0 radical (unpaired) electrons. The molecular weight excluding hydrogens is 488 g/mol. The average molecular weight is 513 g/mol. The van der Waals surface area contributed by atoms with Crippen molar-refractivity contribution in [3.05, 3.63) is 75.6 Å². The first-order valence-electron chi connectivity index (χ1n) is 11.2. The van der Waals surface area contributed by atoms with Gasteiger partial charge in [0.1, 0.15) is 18.4 Å². The van der Waals surface area contributed by atoms with Crippen LogP contribution in [-0.4, -0.2) is 31.2 Å². The number of aryl methyl sites for hydroxylation is 1. The minimum Gasteiger partial charge on any atom is -0.491 e. The lowest BCUT2D eigenvalue weighted by molar-refractivity contribution is 0.301. The van der Waals surface area contributed by atoms with Crippen LogP contribution < -0.4 is 14.2 Å². The van der Waals surface area contributed by atoms with Gasteiger partial charge in [0.15, 0.2) is 5.75 Å². The molecule has 3 aromatic rings. The minimum absolute atomic E-state index is 0.00640. The third kappa shape index (κ3) is 6.02. The highest BCUT2D eigenvalue weighted by molar-refractivity contribution is 7.91. The highest BCUT2D eigenvalue weighted by Gasteiger charge is 2.26. The van der Waals surface area contributed by atoms with Gasteiger partial charge in [0.2, 0.25) is 16.0 Å². The van der Waals surface area contributed by atoms with Crippen molar-refractivity contribution in [1.29, 1.82) is 5.26 Å². The zero-order valence-electron chi connectivity index (χ0n) is 19.4. The second-order valence-electron chi connectivity index (χ2n) is 8.33. The molecule has 0 aliphatic heterocycles. The Morgan fingerprint density at radius 3 is 2.80 bits per heavy atom. The van der Waals surface area contributed by atoms with Gasteiger partial charge in [-0.3, -0.25) is 4.72 Å². The van der Waals surface area contributed by atoms with Crippen molar-refractivity contribution in [3.8, 4) is 17.6 Å². The molecule has 35 heavy (non-hydrogen) atoms. The van der Waals surface area contributed by atoms with Gasteiger partial charge in [-0.25, -0.2) is 18.4 Å². The first kappa shape index (κ1) is 24.8. The van der Waals surface area contributed by atoms with Gasteiger partial charge in [-0.2, -0.15) is 5.26 Å². The van der Waals surface area contributed by atoms with E-state index in [4.69, 9.17) is 21.1 Å². The summed E-state index contributed by atoms with van der Waals surface area (Å²) in [6.45, 7) is 2.68. The lowest BCUT2D eigenvalue weighted by atomic mass is 9.91. The van der Waals surface area contributed by atoms with Crippen molar-refractivity contribution < 1.29 is 17.9 Å². The van der Waals surface area contributed by atoms with Crippen molar-refractivity contribution in [2.45, 2.75) is 38.7 Å². The van der Waals surface area contributed by atoms with E-state index in [-0.39, 0.29) is 18.5 Å². The number of fused-ring (bicyclic) bond motifs is 1. The molecule has 4 rings (SSSR count). The number of nitriles is 1. The van der Waals surface area contributed by atoms with Gasteiger partial charge in [-0.1, -0.05) is 24.6 Å². The van der Waals surface area contributed by atoms with Crippen LogP contribution in [0.2, 0.25) is 5.02 Å². The molecule has 1 N–H and O–H groups in total. The molecule has 1 unspecified atom stereocenters. The molecule has 0 saturated heterocycles. The lowest BCUT2D eigenvalue weighted by Gasteiger charge is -2.16. The summed E-state index contributed by atoms with van der Waals surface area (Å²) >= 11 is 6.48. The van der Waals surface area contributed by atoms with Crippen molar-refractivity contribution in [3.63, 3.8) is 0 Å². The predicted octanol–water partition coefficient (Wildman–Crippen LogP) is 4.82. The first-order chi connectivity index (χ1) is 16.8. The summed E-state index contributed by atoms with van der Waals surface area (Å²) in [7, 11) is -3.46. The molecular formula is C25H25ClN4O4S. The average Bonchev–Trinajstić information content (AvgIpc) is 3.24. The summed E-state index contributed by atoms with van der Waals surface area (Å²) in [5.74, 6) is 1.28. The highest BCUT2D eigenvalue weighted by Crippen LogP contribution is 2.42. The van der Waals surface area contributed by atoms with E-state index < -0.39 is 10.0 Å². The van der Waals surface area contributed by atoms with Crippen LogP contribution in [0, 0.1) is 11.3 Å². The van der Waals surface area contributed by atoms with Crippen molar-refractivity contribution in [2.24, 2.45) is 0 Å². The SMILES string of the molecule is CCCOc1c(Cl)cc(C2CCc3cc(OCc4ccnc(NS(C)(=O)=O)n4)ccc32)cc1C#N. The predicted molar refractivity (Wildman–Crippen MR) is 133 cm³/mol. The first-order valence-corrected chi connectivity index (χ1v) is 13.5. The molecule has 0 amide bonds. The summed E-state index contributed by atoms with van der Waals surface area (Å²) < 4.78 is 36.6. The molecule has 2 aromatic carbocycles. The summed E-state index contributed by atoms with van der Waals surface area (Å²) in [4.78, 5) is 8.08. The lowest BCUT2D eigenvalue weighted by Crippen LogP contribution is -2.13. The van der Waals surface area contributed by atoms with E-state index in [2.05, 4.69) is 20.8 Å². The minimum atomic E-state index is -3.46. The van der Waals surface area contributed by atoms with Crippen LogP contribution in [0.15, 0.2) is 42.6 Å². The van der Waals surface area contributed by atoms with Crippen LogP contribution in [0.4, 0.5) is 5.95 Å². The number of halogens is 1. The zero-order chi connectivity index (χ0) is 25.0. The Labute approximate surface area is 209 Å². The topological polar surface area (TPSA) is 114 Å². The van der Waals surface area contributed by atoms with Gasteiger partial charge in [-0.15, -0.1) is 0 Å². The Kier molecular flexibility index (Phi) is 7.43. The number of ether oxygens (including phenoxy) is 2. The van der Waals surface area contributed by atoms with E-state index in [1.807, 2.05) is 37.3 Å². The van der Waals surface area contributed by atoms with E-state index in [1.165, 1.54) is 17.3 Å². The summed E-state index contributed by atoms with van der Waals surface area (Å²) in [5.41, 5.74) is 4.35. The molecule has 1 atom stereocenters. The molecule has 8 nitrogen and oxygen atoms in total. The number of nitrogens with one attached hydrogen (secondary N) is 1. The van der Waals surface area contributed by atoms with Crippen LogP contribution in [0.1, 0.15) is 53.6 Å². The van der Waals surface area contributed by atoms with E-state index in [0.29, 0.717) is 34.4 Å². The van der Waals surface area contributed by atoms with Crippen LogP contribution in [0.3, 0.4) is 0 Å². The molecule has 182 valence electrons. The standard InChI is InChI=1S/C25H25ClN4O4S/c1-3-10-33-24-18(14-27)11-17(13-23(24)26)22-6-4-16-12-20(5-7-21(16)22)34-15-19-8-9-28-25(29-19)30-35(2,31)32/h5,7-9,11-13,22H,3-4,6,10,15H2,1-2H3,(H,28,29,30). The second kappa shape index (κ2) is 10.5. The van der Waals surface area contributed by atoms with Crippen LogP contribution in [0.25, 0.3) is 0 Å². The van der Waals surface area contributed by atoms with E-state index in [0.717, 1.165) is 31.1 Å². The second-order valence-corrected chi connectivity index (χ2v) is 10.5. The largest absolute Gasteiger partial charge is 0.491 e. The zero-order valence-corrected chi connectivity index (χ0v) is 21.0. The third-order valence-electron chi connectivity index (χ3n) is 5.61. The fourth-order valence-corrected chi connectivity index (χ4v) is 4.84. The fourth-order valence-electron chi connectivity index (χ4n) is 4.13. The number of nitrogens with zero attached hydrogens (tertiary/aromatic N) is 3. The van der Waals surface area contributed by atoms with Crippen LogP contribution in [-0.2, 0) is 23.1 Å². The number of anilines is 1. The third-order valence-corrected chi connectivity index (χ3v) is 6.44. The van der Waals surface area contributed by atoms with Crippen LogP contribution >= 0.6 is 11.6 Å². The summed E-state index contributed by atoms with van der Waals surface area (Å²) in [6, 6.07) is 13.6. The molecule has 0 fully saturated rings. The molecule has 1 aromatic heterocycles. The Bertz CT molecular complexity index is 1390. The van der Waals surface area contributed by atoms with Gasteiger partial charge in [0.25, 0.3) is 0 Å². The van der Waals surface area contributed by atoms with Gasteiger partial charge in [-0.05, 0) is 66.3 Å². The number of aromatic nitrogens is 2. The van der Waals surface area contributed by atoms with Gasteiger partial charge < -0.3 is 9.47 Å². The smallest absolute Gasteiger partial charge is 0.236 e. The summed E-state index contributed by atoms with van der Waals surface area (Å²) in [5, 5.41) is 10.1. The van der Waals surface area contributed by atoms with Crippen molar-refractivity contribution in [1.82, 2.24) is 9.97 Å². The number of rotatable bonds is 9. The quantitative estimate of drug-likeness (QED) is 0.437. The maximum atomic E-state index is 11.4. The van der Waals surface area contributed by atoms with Gasteiger partial charge >= 0.3 is 0 Å². The Hall–Kier alpha value is -3.35. The number of benzene rings is 2. The van der Waals surface area contributed by atoms with E-state index in [9.17, 15) is 13.7 Å². The number of sulfonamides is 1. The fraction of sp³-hybridized carbons (Fsp3) is 0.320.